The number of furan rings is 1. The molecule has 13 heavy (non-hydrogen) atoms. The third-order valence-electron chi connectivity index (χ3n) is 2.82. The highest BCUT2D eigenvalue weighted by atomic mass is 16.4. The fraction of sp³-hybridized carbons (Fsp3) is 0.600. The van der Waals surface area contributed by atoms with Gasteiger partial charge >= 0.3 is 0 Å². The van der Waals surface area contributed by atoms with Gasteiger partial charge in [-0.2, -0.15) is 0 Å². The summed E-state index contributed by atoms with van der Waals surface area (Å²) >= 11 is 0. The summed E-state index contributed by atoms with van der Waals surface area (Å²) in [6.45, 7) is -0.0443. The van der Waals surface area contributed by atoms with Gasteiger partial charge in [-0.1, -0.05) is 6.42 Å². The summed E-state index contributed by atoms with van der Waals surface area (Å²) in [5.74, 6) is 2.00. The molecule has 1 aliphatic rings. The van der Waals surface area contributed by atoms with E-state index in [4.69, 9.17) is 15.3 Å². The molecule has 1 atom stereocenters. The molecule has 1 aromatic rings. The molecule has 3 heteroatoms. The molecule has 0 amide bonds. The van der Waals surface area contributed by atoms with Crippen molar-refractivity contribution in [2.45, 2.75) is 31.9 Å². The fourth-order valence-corrected chi connectivity index (χ4v) is 1.69. The van der Waals surface area contributed by atoms with E-state index in [1.54, 1.807) is 6.07 Å². The van der Waals surface area contributed by atoms with Crippen LogP contribution in [0.25, 0.3) is 0 Å². The van der Waals surface area contributed by atoms with Crippen LogP contribution >= 0.6 is 0 Å². The largest absolute Gasteiger partial charge is 0.462 e. The Labute approximate surface area is 77.5 Å². The Hall–Kier alpha value is -0.800. The lowest BCUT2D eigenvalue weighted by Crippen LogP contribution is -2.26. The van der Waals surface area contributed by atoms with Gasteiger partial charge in [-0.05, 0) is 30.9 Å². The zero-order valence-electron chi connectivity index (χ0n) is 7.57. The highest BCUT2D eigenvalue weighted by molar-refractivity contribution is 5.11. The van der Waals surface area contributed by atoms with Crippen LogP contribution < -0.4 is 5.73 Å². The van der Waals surface area contributed by atoms with Crippen LogP contribution in [0.2, 0.25) is 0 Å². The maximum absolute atomic E-state index is 8.81. The average Bonchev–Trinajstić information content (AvgIpc) is 2.48. The minimum Gasteiger partial charge on any atom is -0.462 e. The average molecular weight is 181 g/mol. The SMILES string of the molecule is N[C@@H](c1ccc(CO)o1)C1CCC1. The second-order valence-electron chi connectivity index (χ2n) is 3.68. The zero-order chi connectivity index (χ0) is 9.26. The molecule has 2 rings (SSSR count). The van der Waals surface area contributed by atoms with Gasteiger partial charge in [0.2, 0.25) is 0 Å². The molecule has 0 unspecified atom stereocenters. The third-order valence-corrected chi connectivity index (χ3v) is 2.82. The molecule has 3 N–H and O–H groups in total. The summed E-state index contributed by atoms with van der Waals surface area (Å²) in [6, 6.07) is 3.68. The lowest BCUT2D eigenvalue weighted by molar-refractivity contribution is 0.216. The number of aliphatic hydroxyl groups is 1. The molecule has 0 radical (unpaired) electrons. The molecule has 1 aliphatic carbocycles. The zero-order valence-corrected chi connectivity index (χ0v) is 7.57. The van der Waals surface area contributed by atoms with Crippen molar-refractivity contribution >= 4 is 0 Å². The second-order valence-corrected chi connectivity index (χ2v) is 3.68. The van der Waals surface area contributed by atoms with Gasteiger partial charge in [0.05, 0.1) is 6.04 Å². The summed E-state index contributed by atoms with van der Waals surface area (Å²) in [5.41, 5.74) is 5.99. The first kappa shape index (κ1) is 8.78. The quantitative estimate of drug-likeness (QED) is 0.744. The monoisotopic (exact) mass is 181 g/mol. The molecular weight excluding hydrogens is 166 g/mol. The van der Waals surface area contributed by atoms with Gasteiger partial charge in [-0.15, -0.1) is 0 Å². The number of nitrogens with two attached hydrogens (primary N) is 1. The van der Waals surface area contributed by atoms with Gasteiger partial charge in [0.15, 0.2) is 0 Å². The number of hydrogen-bond acceptors (Lipinski definition) is 3. The number of rotatable bonds is 3. The van der Waals surface area contributed by atoms with E-state index in [2.05, 4.69) is 0 Å². The lowest BCUT2D eigenvalue weighted by atomic mass is 9.79. The van der Waals surface area contributed by atoms with E-state index in [1.165, 1.54) is 19.3 Å². The molecule has 0 saturated heterocycles. The molecule has 3 nitrogen and oxygen atoms in total. The molecule has 0 spiro atoms. The van der Waals surface area contributed by atoms with Crippen LogP contribution in [0, 0.1) is 5.92 Å². The molecule has 1 saturated carbocycles. The van der Waals surface area contributed by atoms with Crippen LogP contribution in [0.15, 0.2) is 16.5 Å². The Bertz CT molecular complexity index is 278. The van der Waals surface area contributed by atoms with Gasteiger partial charge < -0.3 is 15.3 Å². The summed E-state index contributed by atoms with van der Waals surface area (Å²) < 4.78 is 5.38. The standard InChI is InChI=1S/C10H15NO2/c11-10(7-2-1-3-7)9-5-4-8(6-12)13-9/h4-5,7,10,12H,1-3,6,11H2/t10-/m1/s1. The minimum absolute atomic E-state index is 0.0223. The van der Waals surface area contributed by atoms with Crippen molar-refractivity contribution in [2.75, 3.05) is 0 Å². The second kappa shape index (κ2) is 3.52. The molecule has 0 aliphatic heterocycles. The van der Waals surface area contributed by atoms with Crippen molar-refractivity contribution in [3.63, 3.8) is 0 Å². The third kappa shape index (κ3) is 1.62. The molecule has 1 heterocycles. The van der Waals surface area contributed by atoms with Crippen LogP contribution in [-0.4, -0.2) is 5.11 Å². The summed E-state index contributed by atoms with van der Waals surface area (Å²) in [4.78, 5) is 0. The lowest BCUT2D eigenvalue weighted by Gasteiger charge is -2.29. The predicted molar refractivity (Wildman–Crippen MR) is 48.9 cm³/mol. The van der Waals surface area contributed by atoms with Gasteiger partial charge in [0.25, 0.3) is 0 Å². The highest BCUT2D eigenvalue weighted by Gasteiger charge is 2.27. The van der Waals surface area contributed by atoms with Crippen molar-refractivity contribution in [3.8, 4) is 0 Å². The summed E-state index contributed by atoms with van der Waals surface area (Å²) in [5, 5.41) is 8.81. The summed E-state index contributed by atoms with van der Waals surface area (Å²) in [6.07, 6.45) is 3.69. The van der Waals surface area contributed by atoms with Gasteiger partial charge in [-0.3, -0.25) is 0 Å². The van der Waals surface area contributed by atoms with Crippen molar-refractivity contribution in [1.29, 1.82) is 0 Å². The van der Waals surface area contributed by atoms with Crippen LogP contribution in [0.1, 0.15) is 36.8 Å². The van der Waals surface area contributed by atoms with Crippen LogP contribution in [-0.2, 0) is 6.61 Å². The number of hydrogen-bond donors (Lipinski definition) is 2. The predicted octanol–water partition coefficient (Wildman–Crippen LogP) is 1.57. The van der Waals surface area contributed by atoms with Crippen molar-refractivity contribution in [1.82, 2.24) is 0 Å². The maximum Gasteiger partial charge on any atom is 0.129 e. The first-order valence-electron chi connectivity index (χ1n) is 4.76. The van der Waals surface area contributed by atoms with E-state index in [-0.39, 0.29) is 12.6 Å². The summed E-state index contributed by atoms with van der Waals surface area (Å²) in [7, 11) is 0. The molecular formula is C10H15NO2. The fourth-order valence-electron chi connectivity index (χ4n) is 1.69. The molecule has 0 bridgehead atoms. The van der Waals surface area contributed by atoms with Gasteiger partial charge in [0.1, 0.15) is 18.1 Å². The van der Waals surface area contributed by atoms with Crippen molar-refractivity contribution < 1.29 is 9.52 Å². The van der Waals surface area contributed by atoms with E-state index >= 15 is 0 Å². The molecule has 1 aromatic heterocycles. The molecule has 72 valence electrons. The first-order valence-corrected chi connectivity index (χ1v) is 4.76. The van der Waals surface area contributed by atoms with E-state index in [0.717, 1.165) is 5.76 Å². The Morgan fingerprint density at radius 3 is 2.77 bits per heavy atom. The first-order chi connectivity index (χ1) is 6.31. The molecule has 1 fully saturated rings. The highest BCUT2D eigenvalue weighted by Crippen LogP contribution is 2.36. The van der Waals surface area contributed by atoms with E-state index in [9.17, 15) is 0 Å². The van der Waals surface area contributed by atoms with E-state index in [1.807, 2.05) is 6.07 Å². The number of aliphatic hydroxyl groups excluding tert-OH is 1. The van der Waals surface area contributed by atoms with E-state index in [0.29, 0.717) is 11.7 Å². The van der Waals surface area contributed by atoms with Crippen LogP contribution in [0.5, 0.6) is 0 Å². The van der Waals surface area contributed by atoms with Crippen LogP contribution in [0.3, 0.4) is 0 Å². The Morgan fingerprint density at radius 2 is 2.31 bits per heavy atom. The van der Waals surface area contributed by atoms with Crippen LogP contribution in [0.4, 0.5) is 0 Å². The Kier molecular flexibility index (Phi) is 2.38. The van der Waals surface area contributed by atoms with Crippen molar-refractivity contribution in [3.05, 3.63) is 23.7 Å². The smallest absolute Gasteiger partial charge is 0.129 e. The molecule has 0 aromatic carbocycles. The minimum atomic E-state index is -0.0443. The van der Waals surface area contributed by atoms with Gasteiger partial charge in [-0.25, -0.2) is 0 Å². The Balaban J connectivity index is 2.05. The Morgan fingerprint density at radius 1 is 1.54 bits per heavy atom. The topological polar surface area (TPSA) is 59.4 Å². The van der Waals surface area contributed by atoms with Crippen molar-refractivity contribution in [2.24, 2.45) is 11.7 Å². The normalized spacial score (nSPS) is 19.8. The van der Waals surface area contributed by atoms with E-state index < -0.39 is 0 Å². The van der Waals surface area contributed by atoms with Gasteiger partial charge in [0, 0.05) is 0 Å². The maximum atomic E-state index is 8.81.